The largest absolute Gasteiger partial charge is 0.451 e. The van der Waals surface area contributed by atoms with Crippen LogP contribution in [0.15, 0.2) is 28.7 Å². The Hall–Kier alpha value is -1.61. The number of amides is 1. The highest BCUT2D eigenvalue weighted by atomic mass is 35.5. The summed E-state index contributed by atoms with van der Waals surface area (Å²) in [6.45, 7) is 4.33. The maximum absolute atomic E-state index is 12.5. The van der Waals surface area contributed by atoms with Crippen molar-refractivity contribution in [3.8, 4) is 0 Å². The quantitative estimate of drug-likeness (QED) is 0.831. The van der Waals surface area contributed by atoms with Gasteiger partial charge in [0.05, 0.1) is 18.0 Å². The number of furan rings is 1. The molecule has 1 amide bonds. The number of sulfonamides is 1. The molecule has 0 spiro atoms. The molecule has 2 aromatic rings. The number of carbonyl (C=O) groups excluding carboxylic acids is 1. The lowest BCUT2D eigenvalue weighted by molar-refractivity contribution is -0.0440. The van der Waals surface area contributed by atoms with Crippen LogP contribution in [0.2, 0.25) is 5.02 Å². The second-order valence-corrected chi connectivity index (χ2v) is 8.96. The van der Waals surface area contributed by atoms with Crippen molar-refractivity contribution in [3.05, 3.63) is 35.0 Å². The van der Waals surface area contributed by atoms with E-state index in [0.717, 1.165) is 0 Å². The molecule has 1 aromatic carbocycles. The molecule has 1 N–H and O–H groups in total. The third kappa shape index (κ3) is 4.37. The zero-order valence-corrected chi connectivity index (χ0v) is 16.1. The van der Waals surface area contributed by atoms with E-state index in [9.17, 15) is 13.2 Å². The van der Waals surface area contributed by atoms with E-state index >= 15 is 0 Å². The van der Waals surface area contributed by atoms with Gasteiger partial charge in [0.25, 0.3) is 5.91 Å². The van der Waals surface area contributed by atoms with E-state index in [1.165, 1.54) is 4.31 Å². The number of ether oxygens (including phenoxy) is 1. The van der Waals surface area contributed by atoms with Crippen molar-refractivity contribution in [3.63, 3.8) is 0 Å². The van der Waals surface area contributed by atoms with Crippen molar-refractivity contribution in [2.45, 2.75) is 26.1 Å². The van der Waals surface area contributed by atoms with Crippen molar-refractivity contribution >= 4 is 38.5 Å². The summed E-state index contributed by atoms with van der Waals surface area (Å²) in [5, 5.41) is 3.85. The molecule has 2 unspecified atom stereocenters. The van der Waals surface area contributed by atoms with Crippen molar-refractivity contribution < 1.29 is 22.4 Å². The SMILES string of the molecule is CC1CN(S(=O)(=O)CCNC(=O)c2cc3cc(Cl)ccc3o2)CC(C)O1. The predicted molar refractivity (Wildman–Crippen MR) is 98.9 cm³/mol. The molecule has 142 valence electrons. The Balaban J connectivity index is 1.58. The minimum absolute atomic E-state index is 0.000906. The number of rotatable bonds is 5. The fourth-order valence-electron chi connectivity index (χ4n) is 2.99. The second-order valence-electron chi connectivity index (χ2n) is 6.44. The third-order valence-electron chi connectivity index (χ3n) is 4.13. The van der Waals surface area contributed by atoms with E-state index in [-0.39, 0.29) is 30.3 Å². The molecule has 26 heavy (non-hydrogen) atoms. The van der Waals surface area contributed by atoms with Gasteiger partial charge in [-0.1, -0.05) is 11.6 Å². The molecule has 0 saturated carbocycles. The summed E-state index contributed by atoms with van der Waals surface area (Å²) in [4.78, 5) is 12.2. The molecule has 0 radical (unpaired) electrons. The number of benzene rings is 1. The van der Waals surface area contributed by atoms with Crippen LogP contribution in [0.1, 0.15) is 24.4 Å². The van der Waals surface area contributed by atoms with Crippen LogP contribution in [-0.2, 0) is 14.8 Å². The fourth-order valence-corrected chi connectivity index (χ4v) is 4.67. The number of halogens is 1. The van der Waals surface area contributed by atoms with Crippen LogP contribution in [0.5, 0.6) is 0 Å². The van der Waals surface area contributed by atoms with E-state index < -0.39 is 15.9 Å². The summed E-state index contributed by atoms with van der Waals surface area (Å²) in [6, 6.07) is 6.63. The Labute approximate surface area is 157 Å². The van der Waals surface area contributed by atoms with Gasteiger partial charge in [-0.05, 0) is 38.1 Å². The van der Waals surface area contributed by atoms with Gasteiger partial charge in [-0.25, -0.2) is 8.42 Å². The number of nitrogens with zero attached hydrogens (tertiary/aromatic N) is 1. The minimum Gasteiger partial charge on any atom is -0.451 e. The zero-order chi connectivity index (χ0) is 18.9. The summed E-state index contributed by atoms with van der Waals surface area (Å²) in [5.41, 5.74) is 0.545. The Morgan fingerprint density at radius 3 is 2.65 bits per heavy atom. The smallest absolute Gasteiger partial charge is 0.287 e. The van der Waals surface area contributed by atoms with Gasteiger partial charge in [0.1, 0.15) is 5.58 Å². The van der Waals surface area contributed by atoms with Gasteiger partial charge < -0.3 is 14.5 Å². The van der Waals surface area contributed by atoms with Crippen LogP contribution in [0.4, 0.5) is 0 Å². The molecule has 3 rings (SSSR count). The normalized spacial score (nSPS) is 21.8. The molecular weight excluding hydrogens is 380 g/mol. The topological polar surface area (TPSA) is 88.9 Å². The minimum atomic E-state index is -3.47. The average Bonchev–Trinajstić information content (AvgIpc) is 2.97. The molecule has 1 fully saturated rings. The summed E-state index contributed by atoms with van der Waals surface area (Å²) >= 11 is 5.91. The fraction of sp³-hybridized carbons (Fsp3) is 0.471. The first-order chi connectivity index (χ1) is 12.2. The molecule has 2 heterocycles. The maximum Gasteiger partial charge on any atom is 0.287 e. The van der Waals surface area contributed by atoms with E-state index in [1.54, 1.807) is 24.3 Å². The molecule has 1 saturated heterocycles. The highest BCUT2D eigenvalue weighted by molar-refractivity contribution is 7.89. The number of morpholine rings is 1. The molecule has 2 atom stereocenters. The van der Waals surface area contributed by atoms with Crippen LogP contribution in [0, 0.1) is 0 Å². The van der Waals surface area contributed by atoms with Crippen molar-refractivity contribution in [1.29, 1.82) is 0 Å². The Bertz CT molecular complexity index is 901. The molecular formula is C17H21ClN2O5S. The first-order valence-corrected chi connectivity index (χ1v) is 10.3. The number of carbonyl (C=O) groups is 1. The Morgan fingerprint density at radius 1 is 1.27 bits per heavy atom. The third-order valence-corrected chi connectivity index (χ3v) is 6.17. The summed E-state index contributed by atoms with van der Waals surface area (Å²) in [6.07, 6.45) is -0.295. The molecule has 0 aliphatic carbocycles. The van der Waals surface area contributed by atoms with Gasteiger partial charge in [-0.3, -0.25) is 4.79 Å². The van der Waals surface area contributed by atoms with Crippen LogP contribution < -0.4 is 5.32 Å². The van der Waals surface area contributed by atoms with E-state index in [0.29, 0.717) is 29.1 Å². The van der Waals surface area contributed by atoms with Gasteiger partial charge in [0, 0.05) is 30.0 Å². The Kier molecular flexibility index (Phi) is 5.57. The van der Waals surface area contributed by atoms with E-state index in [2.05, 4.69) is 5.32 Å². The molecule has 1 aliphatic heterocycles. The molecule has 9 heteroatoms. The van der Waals surface area contributed by atoms with Gasteiger partial charge in [0.2, 0.25) is 10.0 Å². The lowest BCUT2D eigenvalue weighted by Crippen LogP contribution is -2.49. The van der Waals surface area contributed by atoms with Gasteiger partial charge in [-0.2, -0.15) is 4.31 Å². The molecule has 1 aromatic heterocycles. The maximum atomic E-state index is 12.5. The molecule has 7 nitrogen and oxygen atoms in total. The van der Waals surface area contributed by atoms with Crippen molar-refractivity contribution in [2.75, 3.05) is 25.4 Å². The van der Waals surface area contributed by atoms with Crippen LogP contribution in [0.25, 0.3) is 11.0 Å². The lowest BCUT2D eigenvalue weighted by atomic mass is 10.2. The second kappa shape index (κ2) is 7.56. The number of fused-ring (bicyclic) bond motifs is 1. The number of nitrogens with one attached hydrogen (secondary N) is 1. The summed E-state index contributed by atoms with van der Waals surface area (Å²) in [5.74, 6) is -0.519. The van der Waals surface area contributed by atoms with E-state index in [1.807, 2.05) is 13.8 Å². The van der Waals surface area contributed by atoms with Crippen molar-refractivity contribution in [1.82, 2.24) is 9.62 Å². The van der Waals surface area contributed by atoms with Crippen molar-refractivity contribution in [2.24, 2.45) is 0 Å². The first kappa shape index (κ1) is 19.2. The standard InChI is InChI=1S/C17H21ClN2O5S/c1-11-9-20(10-12(2)24-11)26(22,23)6-5-19-17(21)16-8-13-7-14(18)3-4-15(13)25-16/h3-4,7-8,11-12H,5-6,9-10H2,1-2H3,(H,19,21). The van der Waals surface area contributed by atoms with Crippen LogP contribution in [0.3, 0.4) is 0 Å². The van der Waals surface area contributed by atoms with Gasteiger partial charge >= 0.3 is 0 Å². The zero-order valence-electron chi connectivity index (χ0n) is 14.6. The van der Waals surface area contributed by atoms with Gasteiger partial charge in [0.15, 0.2) is 5.76 Å². The predicted octanol–water partition coefficient (Wildman–Crippen LogP) is 2.25. The summed E-state index contributed by atoms with van der Waals surface area (Å²) in [7, 11) is -3.47. The molecule has 0 bridgehead atoms. The lowest BCUT2D eigenvalue weighted by Gasteiger charge is -2.34. The van der Waals surface area contributed by atoms with Gasteiger partial charge in [-0.15, -0.1) is 0 Å². The van der Waals surface area contributed by atoms with E-state index in [4.69, 9.17) is 20.8 Å². The summed E-state index contributed by atoms with van der Waals surface area (Å²) < 4.78 is 37.3. The van der Waals surface area contributed by atoms with Crippen LogP contribution >= 0.6 is 11.6 Å². The van der Waals surface area contributed by atoms with Crippen LogP contribution in [-0.4, -0.2) is 56.2 Å². The Morgan fingerprint density at radius 2 is 1.96 bits per heavy atom. The monoisotopic (exact) mass is 400 g/mol. The highest BCUT2D eigenvalue weighted by Gasteiger charge is 2.30. The average molecular weight is 401 g/mol. The number of hydrogen-bond donors (Lipinski definition) is 1. The highest BCUT2D eigenvalue weighted by Crippen LogP contribution is 2.23. The first-order valence-electron chi connectivity index (χ1n) is 8.35. The number of hydrogen-bond acceptors (Lipinski definition) is 5. The molecule has 1 aliphatic rings.